The second kappa shape index (κ2) is 10.1. The molecule has 118 valence electrons. The van der Waals surface area contributed by atoms with Crippen molar-refractivity contribution in [1.82, 2.24) is 10.6 Å². The van der Waals surface area contributed by atoms with E-state index in [4.69, 9.17) is 4.74 Å². The van der Waals surface area contributed by atoms with Crippen LogP contribution in [-0.2, 0) is 9.53 Å². The van der Waals surface area contributed by atoms with E-state index < -0.39 is 0 Å². The molecule has 1 aromatic rings. The molecule has 0 heterocycles. The lowest BCUT2D eigenvalue weighted by Crippen LogP contribution is -2.36. The van der Waals surface area contributed by atoms with Crippen LogP contribution < -0.4 is 15.5 Å². The van der Waals surface area contributed by atoms with Gasteiger partial charge in [-0.25, -0.2) is 4.39 Å². The number of hydrogen-bond donors (Lipinski definition) is 2. The Morgan fingerprint density at radius 2 is 2.10 bits per heavy atom. The van der Waals surface area contributed by atoms with Crippen LogP contribution in [0.5, 0.6) is 0 Å². The highest BCUT2D eigenvalue weighted by molar-refractivity contribution is 5.77. The first-order valence-corrected chi connectivity index (χ1v) is 7.07. The van der Waals surface area contributed by atoms with Crippen molar-refractivity contribution in [3.8, 4) is 0 Å². The van der Waals surface area contributed by atoms with Crippen molar-refractivity contribution in [2.45, 2.75) is 6.42 Å². The van der Waals surface area contributed by atoms with Crippen LogP contribution in [-0.4, -0.2) is 52.9 Å². The second-order valence-electron chi connectivity index (χ2n) is 4.75. The van der Waals surface area contributed by atoms with Crippen molar-refractivity contribution in [3.63, 3.8) is 0 Å². The summed E-state index contributed by atoms with van der Waals surface area (Å²) in [6.45, 7) is 2.77. The minimum absolute atomic E-state index is 0.0420. The number of para-hydroxylation sites is 1. The highest BCUT2D eigenvalue weighted by atomic mass is 19.1. The summed E-state index contributed by atoms with van der Waals surface area (Å²) >= 11 is 0. The van der Waals surface area contributed by atoms with Gasteiger partial charge in [0.25, 0.3) is 0 Å². The third kappa shape index (κ3) is 7.06. The summed E-state index contributed by atoms with van der Waals surface area (Å²) in [5, 5.41) is 5.79. The van der Waals surface area contributed by atoms with E-state index in [1.807, 2.05) is 18.0 Å². The SMILES string of the molecule is COCCNCC(=O)NCCCN(C)c1ccccc1F. The standard InChI is InChI=1S/C15H24FN3O2/c1-19(14-7-4-3-6-13(14)16)10-5-8-18-15(20)12-17-9-11-21-2/h3-4,6-7,17H,5,8-12H2,1-2H3,(H,18,20). The summed E-state index contributed by atoms with van der Waals surface area (Å²) in [6, 6.07) is 6.67. The average molecular weight is 297 g/mol. The number of methoxy groups -OCH3 is 1. The number of nitrogens with one attached hydrogen (secondary N) is 2. The number of amides is 1. The Balaban J connectivity index is 2.13. The summed E-state index contributed by atoms with van der Waals surface area (Å²) in [4.78, 5) is 13.3. The van der Waals surface area contributed by atoms with Crippen LogP contribution in [0.15, 0.2) is 24.3 Å². The van der Waals surface area contributed by atoms with Gasteiger partial charge in [-0.3, -0.25) is 4.79 Å². The van der Waals surface area contributed by atoms with Crippen LogP contribution in [0, 0.1) is 5.82 Å². The molecule has 0 aromatic heterocycles. The first kappa shape index (κ1) is 17.4. The van der Waals surface area contributed by atoms with Gasteiger partial charge in [0, 0.05) is 33.8 Å². The highest BCUT2D eigenvalue weighted by Gasteiger charge is 2.06. The molecule has 0 unspecified atom stereocenters. The lowest BCUT2D eigenvalue weighted by molar-refractivity contribution is -0.120. The molecule has 5 nitrogen and oxygen atoms in total. The van der Waals surface area contributed by atoms with E-state index in [9.17, 15) is 9.18 Å². The topological polar surface area (TPSA) is 53.6 Å². The molecule has 0 radical (unpaired) electrons. The third-order valence-electron chi connectivity index (χ3n) is 3.02. The number of carbonyl (C=O) groups is 1. The Bertz CT molecular complexity index is 429. The van der Waals surface area contributed by atoms with Gasteiger partial charge in [0.05, 0.1) is 18.8 Å². The molecule has 0 aliphatic carbocycles. The fourth-order valence-electron chi connectivity index (χ4n) is 1.86. The average Bonchev–Trinajstić information content (AvgIpc) is 2.48. The zero-order valence-corrected chi connectivity index (χ0v) is 12.7. The molecule has 1 rings (SSSR count). The molecule has 0 fully saturated rings. The number of benzene rings is 1. The maximum atomic E-state index is 13.5. The van der Waals surface area contributed by atoms with Gasteiger partial charge < -0.3 is 20.3 Å². The molecular weight excluding hydrogens is 273 g/mol. The lowest BCUT2D eigenvalue weighted by Gasteiger charge is -2.19. The van der Waals surface area contributed by atoms with Gasteiger partial charge in [-0.2, -0.15) is 0 Å². The summed E-state index contributed by atoms with van der Waals surface area (Å²) in [5.41, 5.74) is 0.574. The molecule has 0 atom stereocenters. The highest BCUT2D eigenvalue weighted by Crippen LogP contribution is 2.16. The normalized spacial score (nSPS) is 10.4. The van der Waals surface area contributed by atoms with Crippen LogP contribution in [0.4, 0.5) is 10.1 Å². The molecule has 0 aliphatic rings. The number of halogens is 1. The van der Waals surface area contributed by atoms with Crippen molar-refractivity contribution < 1.29 is 13.9 Å². The van der Waals surface area contributed by atoms with E-state index in [1.165, 1.54) is 6.07 Å². The molecule has 2 N–H and O–H groups in total. The minimum atomic E-state index is -0.230. The molecule has 0 spiro atoms. The summed E-state index contributed by atoms with van der Waals surface area (Å²) in [7, 11) is 3.46. The van der Waals surface area contributed by atoms with E-state index in [0.29, 0.717) is 31.9 Å². The molecule has 0 aliphatic heterocycles. The molecule has 0 saturated carbocycles. The van der Waals surface area contributed by atoms with Gasteiger partial charge in [0.1, 0.15) is 5.82 Å². The molecule has 6 heteroatoms. The van der Waals surface area contributed by atoms with Crippen molar-refractivity contribution >= 4 is 11.6 Å². The minimum Gasteiger partial charge on any atom is -0.383 e. The molecule has 1 amide bonds. The van der Waals surface area contributed by atoms with Crippen LogP contribution in [0.2, 0.25) is 0 Å². The zero-order chi connectivity index (χ0) is 15.5. The first-order valence-electron chi connectivity index (χ1n) is 7.07. The van der Waals surface area contributed by atoms with E-state index in [1.54, 1.807) is 19.2 Å². The fourth-order valence-corrected chi connectivity index (χ4v) is 1.86. The number of anilines is 1. The van der Waals surface area contributed by atoms with E-state index >= 15 is 0 Å². The molecule has 21 heavy (non-hydrogen) atoms. The Morgan fingerprint density at radius 1 is 1.33 bits per heavy atom. The number of ether oxygens (including phenoxy) is 1. The fraction of sp³-hybridized carbons (Fsp3) is 0.533. The molecule has 0 bridgehead atoms. The van der Waals surface area contributed by atoms with Crippen molar-refractivity contribution in [2.75, 3.05) is 51.8 Å². The van der Waals surface area contributed by atoms with Gasteiger partial charge in [0.2, 0.25) is 5.91 Å². The van der Waals surface area contributed by atoms with Crippen LogP contribution >= 0.6 is 0 Å². The van der Waals surface area contributed by atoms with Gasteiger partial charge in [-0.05, 0) is 18.6 Å². The lowest BCUT2D eigenvalue weighted by atomic mass is 10.2. The first-order chi connectivity index (χ1) is 10.1. The van der Waals surface area contributed by atoms with Crippen molar-refractivity contribution in [3.05, 3.63) is 30.1 Å². The summed E-state index contributed by atoms with van der Waals surface area (Å²) in [6.07, 6.45) is 0.759. The monoisotopic (exact) mass is 297 g/mol. The predicted molar refractivity (Wildman–Crippen MR) is 82.0 cm³/mol. The van der Waals surface area contributed by atoms with E-state index in [0.717, 1.165) is 6.42 Å². The largest absolute Gasteiger partial charge is 0.383 e. The third-order valence-corrected chi connectivity index (χ3v) is 3.02. The Labute approximate surface area is 125 Å². The van der Waals surface area contributed by atoms with E-state index in [-0.39, 0.29) is 18.3 Å². The molecular formula is C15H24FN3O2. The van der Waals surface area contributed by atoms with Gasteiger partial charge in [0.15, 0.2) is 0 Å². The Kier molecular flexibility index (Phi) is 8.38. The Morgan fingerprint density at radius 3 is 2.81 bits per heavy atom. The number of carbonyl (C=O) groups excluding carboxylic acids is 1. The van der Waals surface area contributed by atoms with Crippen molar-refractivity contribution in [1.29, 1.82) is 0 Å². The summed E-state index contributed by atoms with van der Waals surface area (Å²) in [5.74, 6) is -0.272. The quantitative estimate of drug-likeness (QED) is 0.633. The predicted octanol–water partition coefficient (Wildman–Crippen LogP) is 1.00. The molecule has 1 aromatic carbocycles. The zero-order valence-electron chi connectivity index (χ0n) is 12.7. The van der Waals surface area contributed by atoms with Crippen LogP contribution in [0.3, 0.4) is 0 Å². The van der Waals surface area contributed by atoms with Gasteiger partial charge in [-0.15, -0.1) is 0 Å². The summed E-state index contributed by atoms with van der Waals surface area (Å²) < 4.78 is 18.4. The molecule has 0 saturated heterocycles. The van der Waals surface area contributed by atoms with Gasteiger partial charge in [-0.1, -0.05) is 12.1 Å². The number of rotatable bonds is 10. The number of nitrogens with zero attached hydrogens (tertiary/aromatic N) is 1. The van der Waals surface area contributed by atoms with Crippen LogP contribution in [0.25, 0.3) is 0 Å². The smallest absolute Gasteiger partial charge is 0.233 e. The maximum Gasteiger partial charge on any atom is 0.233 e. The van der Waals surface area contributed by atoms with Gasteiger partial charge >= 0.3 is 0 Å². The van der Waals surface area contributed by atoms with Crippen molar-refractivity contribution in [2.24, 2.45) is 0 Å². The van der Waals surface area contributed by atoms with Crippen LogP contribution in [0.1, 0.15) is 6.42 Å². The van der Waals surface area contributed by atoms with E-state index in [2.05, 4.69) is 10.6 Å². The number of hydrogen-bond acceptors (Lipinski definition) is 4. The Hall–Kier alpha value is -1.66. The maximum absolute atomic E-state index is 13.5. The second-order valence-corrected chi connectivity index (χ2v) is 4.75.